The van der Waals surface area contributed by atoms with Crippen LogP contribution in [0.2, 0.25) is 0 Å². The van der Waals surface area contributed by atoms with Crippen molar-refractivity contribution in [2.24, 2.45) is 0 Å². The number of hydrogen-bond donors (Lipinski definition) is 1. The lowest BCUT2D eigenvalue weighted by Gasteiger charge is -2.19. The van der Waals surface area contributed by atoms with E-state index in [2.05, 4.69) is 24.9 Å². The average Bonchev–Trinajstić information content (AvgIpc) is 2.47. The molecule has 1 atom stereocenters. The van der Waals surface area contributed by atoms with Crippen LogP contribution in [-0.2, 0) is 16.0 Å². The first kappa shape index (κ1) is 17.2. The van der Waals surface area contributed by atoms with E-state index in [1.165, 1.54) is 12.7 Å². The van der Waals surface area contributed by atoms with Crippen molar-refractivity contribution in [3.63, 3.8) is 0 Å². The minimum atomic E-state index is -0.209. The monoisotopic (exact) mass is 291 g/mol. The number of rotatable bonds is 8. The Balaban J connectivity index is 2.88. The lowest BCUT2D eigenvalue weighted by atomic mass is 9.96. The summed E-state index contributed by atoms with van der Waals surface area (Å²) in [6.45, 7) is 8.44. The van der Waals surface area contributed by atoms with Gasteiger partial charge < -0.3 is 14.8 Å². The van der Waals surface area contributed by atoms with Crippen molar-refractivity contribution in [3.05, 3.63) is 41.5 Å². The summed E-state index contributed by atoms with van der Waals surface area (Å²) in [6.07, 6.45) is 2.89. The van der Waals surface area contributed by atoms with E-state index in [1.54, 1.807) is 13.2 Å². The van der Waals surface area contributed by atoms with E-state index in [9.17, 15) is 4.79 Å². The molecule has 1 N–H and O–H groups in total. The van der Waals surface area contributed by atoms with Gasteiger partial charge in [0.05, 0.1) is 20.6 Å². The fourth-order valence-corrected chi connectivity index (χ4v) is 2.31. The van der Waals surface area contributed by atoms with Crippen LogP contribution >= 0.6 is 0 Å². The topological polar surface area (TPSA) is 47.6 Å². The zero-order valence-electron chi connectivity index (χ0n) is 13.4. The molecule has 116 valence electrons. The Morgan fingerprint density at radius 2 is 2.05 bits per heavy atom. The average molecular weight is 291 g/mol. The summed E-state index contributed by atoms with van der Waals surface area (Å²) < 4.78 is 10.1. The molecule has 0 aliphatic rings. The van der Waals surface area contributed by atoms with Crippen LogP contribution in [0, 0.1) is 13.8 Å². The van der Waals surface area contributed by atoms with Gasteiger partial charge in [0.2, 0.25) is 0 Å². The van der Waals surface area contributed by atoms with E-state index in [1.807, 2.05) is 13.0 Å². The fraction of sp³-hybridized carbons (Fsp3) is 0.471. The third-order valence-corrected chi connectivity index (χ3v) is 3.51. The molecule has 0 saturated heterocycles. The SMILES string of the molecule is C=CCNC(CC(=O)OC)Cc1cc(C)c(OC)cc1C. The van der Waals surface area contributed by atoms with Gasteiger partial charge in [-0.1, -0.05) is 12.1 Å². The van der Waals surface area contributed by atoms with Gasteiger partial charge in [-0.2, -0.15) is 0 Å². The molecular formula is C17H25NO3. The number of carbonyl (C=O) groups is 1. The molecule has 4 nitrogen and oxygen atoms in total. The second-order valence-electron chi connectivity index (χ2n) is 5.13. The molecule has 1 rings (SSSR count). The van der Waals surface area contributed by atoms with Gasteiger partial charge in [-0.15, -0.1) is 6.58 Å². The molecule has 0 amide bonds. The molecular weight excluding hydrogens is 266 g/mol. The van der Waals surface area contributed by atoms with Crippen LogP contribution in [-0.4, -0.2) is 32.8 Å². The smallest absolute Gasteiger partial charge is 0.307 e. The molecule has 0 aliphatic carbocycles. The minimum Gasteiger partial charge on any atom is -0.496 e. The Kier molecular flexibility index (Phi) is 6.96. The normalized spacial score (nSPS) is 11.8. The maximum atomic E-state index is 11.5. The minimum absolute atomic E-state index is 0.0296. The number of benzene rings is 1. The Morgan fingerprint density at radius 1 is 1.33 bits per heavy atom. The summed E-state index contributed by atoms with van der Waals surface area (Å²) in [4.78, 5) is 11.5. The molecule has 21 heavy (non-hydrogen) atoms. The van der Waals surface area contributed by atoms with Crippen molar-refractivity contribution in [2.45, 2.75) is 32.7 Å². The van der Waals surface area contributed by atoms with Gasteiger partial charge in [0.15, 0.2) is 0 Å². The van der Waals surface area contributed by atoms with Gasteiger partial charge in [0.25, 0.3) is 0 Å². The molecule has 0 bridgehead atoms. The predicted molar refractivity (Wildman–Crippen MR) is 84.8 cm³/mol. The molecule has 1 aromatic rings. The van der Waals surface area contributed by atoms with Crippen LogP contribution in [0.5, 0.6) is 5.75 Å². The van der Waals surface area contributed by atoms with Crippen LogP contribution in [0.15, 0.2) is 24.8 Å². The summed E-state index contributed by atoms with van der Waals surface area (Å²) in [6, 6.07) is 4.18. The van der Waals surface area contributed by atoms with Crippen LogP contribution in [0.4, 0.5) is 0 Å². The first-order chi connectivity index (χ1) is 10.0. The predicted octanol–water partition coefficient (Wildman–Crippen LogP) is 2.56. The van der Waals surface area contributed by atoms with Crippen molar-refractivity contribution in [1.29, 1.82) is 0 Å². The zero-order chi connectivity index (χ0) is 15.8. The van der Waals surface area contributed by atoms with Gasteiger partial charge >= 0.3 is 5.97 Å². The fourth-order valence-electron chi connectivity index (χ4n) is 2.31. The summed E-state index contributed by atoms with van der Waals surface area (Å²) in [5, 5.41) is 3.31. The molecule has 4 heteroatoms. The lowest BCUT2D eigenvalue weighted by molar-refractivity contribution is -0.141. The van der Waals surface area contributed by atoms with Crippen molar-refractivity contribution in [1.82, 2.24) is 5.32 Å². The summed E-state index contributed by atoms with van der Waals surface area (Å²) in [5.41, 5.74) is 3.46. The van der Waals surface area contributed by atoms with E-state index in [0.29, 0.717) is 13.0 Å². The van der Waals surface area contributed by atoms with Crippen molar-refractivity contribution < 1.29 is 14.3 Å². The number of hydrogen-bond acceptors (Lipinski definition) is 4. The van der Waals surface area contributed by atoms with Gasteiger partial charge in [0, 0.05) is 12.6 Å². The molecule has 1 unspecified atom stereocenters. The third-order valence-electron chi connectivity index (χ3n) is 3.51. The standard InChI is InChI=1S/C17H25NO3/c1-6-7-18-15(11-17(19)21-5)10-14-8-13(3)16(20-4)9-12(14)2/h6,8-9,15,18H,1,7,10-11H2,2-5H3. The highest BCUT2D eigenvalue weighted by Crippen LogP contribution is 2.23. The summed E-state index contributed by atoms with van der Waals surface area (Å²) >= 11 is 0. The quantitative estimate of drug-likeness (QED) is 0.591. The molecule has 0 radical (unpaired) electrons. The number of nitrogens with one attached hydrogen (secondary N) is 1. The Labute approximate surface area is 127 Å². The van der Waals surface area contributed by atoms with Crippen LogP contribution in [0.1, 0.15) is 23.1 Å². The molecule has 0 saturated carbocycles. The van der Waals surface area contributed by atoms with E-state index < -0.39 is 0 Å². The third kappa shape index (κ3) is 5.23. The number of ether oxygens (including phenoxy) is 2. The first-order valence-electron chi connectivity index (χ1n) is 7.07. The molecule has 0 aliphatic heterocycles. The second-order valence-corrected chi connectivity index (χ2v) is 5.13. The van der Waals surface area contributed by atoms with Gasteiger partial charge in [-0.3, -0.25) is 4.79 Å². The van der Waals surface area contributed by atoms with Gasteiger partial charge in [-0.05, 0) is 43.0 Å². The Bertz CT molecular complexity index is 497. The van der Waals surface area contributed by atoms with E-state index in [-0.39, 0.29) is 12.0 Å². The molecule has 1 aromatic carbocycles. The van der Waals surface area contributed by atoms with E-state index in [0.717, 1.165) is 23.3 Å². The largest absolute Gasteiger partial charge is 0.496 e. The number of carbonyl (C=O) groups excluding carboxylic acids is 1. The van der Waals surface area contributed by atoms with Crippen LogP contribution < -0.4 is 10.1 Å². The molecule has 0 aromatic heterocycles. The highest BCUT2D eigenvalue weighted by atomic mass is 16.5. The van der Waals surface area contributed by atoms with Gasteiger partial charge in [-0.25, -0.2) is 0 Å². The molecule has 0 fully saturated rings. The molecule has 0 spiro atoms. The Morgan fingerprint density at radius 3 is 2.62 bits per heavy atom. The summed E-state index contributed by atoms with van der Waals surface area (Å²) in [5.74, 6) is 0.680. The van der Waals surface area contributed by atoms with Crippen LogP contribution in [0.25, 0.3) is 0 Å². The first-order valence-corrected chi connectivity index (χ1v) is 7.07. The number of methoxy groups -OCH3 is 2. The van der Waals surface area contributed by atoms with Crippen molar-refractivity contribution in [3.8, 4) is 5.75 Å². The summed E-state index contributed by atoms with van der Waals surface area (Å²) in [7, 11) is 3.09. The van der Waals surface area contributed by atoms with Crippen LogP contribution in [0.3, 0.4) is 0 Å². The number of esters is 1. The van der Waals surface area contributed by atoms with Gasteiger partial charge in [0.1, 0.15) is 5.75 Å². The molecule has 0 heterocycles. The van der Waals surface area contributed by atoms with Crippen molar-refractivity contribution >= 4 is 5.97 Å². The lowest BCUT2D eigenvalue weighted by Crippen LogP contribution is -2.34. The second kappa shape index (κ2) is 8.47. The zero-order valence-corrected chi connectivity index (χ0v) is 13.4. The number of aryl methyl sites for hydroxylation is 2. The Hall–Kier alpha value is -1.81. The highest BCUT2D eigenvalue weighted by Gasteiger charge is 2.16. The van der Waals surface area contributed by atoms with E-state index >= 15 is 0 Å². The van der Waals surface area contributed by atoms with Crippen molar-refractivity contribution in [2.75, 3.05) is 20.8 Å². The van der Waals surface area contributed by atoms with E-state index in [4.69, 9.17) is 9.47 Å². The maximum absolute atomic E-state index is 11.5. The maximum Gasteiger partial charge on any atom is 0.307 e. The highest BCUT2D eigenvalue weighted by molar-refractivity contribution is 5.70.